The fraction of sp³-hybridized carbons (Fsp3) is 0.578. The first kappa shape index (κ1) is 41.9. The number of nitrogens with zero attached hydrogens (tertiary/aromatic N) is 11. The standard InChI is InChI=1S/C45H55F2N13O5/c1-45(25-56(26-45)33-4-3-5-34-39(33)53(2)44(64)60(34)35-10-11-37(61)51-43(35)63)24-55-16-14-54(15-17-55)20-27-6-8-28(9-7-27)59-22-32(38(52-59)40(46)47)49-42(62)31-19-48-58-13-12-36(50-41(31)58)57-21-30-18-29(57)23-65-30/h3-5,12-13,19,22,27-30,35,40H,6-11,14-18,20-21,23-26H2,1-2H3,(H,49,62)(H,51,61,63)/t27-,28-,29?,30-,35?/m1/s1. The lowest BCUT2D eigenvalue weighted by Gasteiger charge is -2.52. The van der Waals surface area contributed by atoms with Gasteiger partial charge in [-0.3, -0.25) is 33.5 Å². The lowest BCUT2D eigenvalue weighted by atomic mass is 9.80. The monoisotopic (exact) mass is 895 g/mol. The van der Waals surface area contributed by atoms with Crippen molar-refractivity contribution < 1.29 is 27.9 Å². The van der Waals surface area contributed by atoms with Crippen molar-refractivity contribution in [2.75, 3.05) is 80.6 Å². The normalized spacial score (nSPS) is 26.1. The molecule has 5 aliphatic heterocycles. The van der Waals surface area contributed by atoms with Crippen molar-refractivity contribution in [3.63, 3.8) is 0 Å². The van der Waals surface area contributed by atoms with E-state index in [0.29, 0.717) is 30.1 Å². The van der Waals surface area contributed by atoms with E-state index in [1.54, 1.807) is 33.3 Å². The Balaban J connectivity index is 0.661. The molecule has 3 amide bonds. The zero-order valence-corrected chi connectivity index (χ0v) is 36.7. The molecule has 65 heavy (non-hydrogen) atoms. The summed E-state index contributed by atoms with van der Waals surface area (Å²) in [5, 5.41) is 13.7. The number of aromatic nitrogens is 7. The van der Waals surface area contributed by atoms with Gasteiger partial charge in [-0.05, 0) is 62.6 Å². The van der Waals surface area contributed by atoms with Gasteiger partial charge in [-0.15, -0.1) is 0 Å². The highest BCUT2D eigenvalue weighted by Gasteiger charge is 2.43. The summed E-state index contributed by atoms with van der Waals surface area (Å²) >= 11 is 0. The van der Waals surface area contributed by atoms with Crippen LogP contribution < -0.4 is 26.1 Å². The van der Waals surface area contributed by atoms with Gasteiger partial charge in [0.15, 0.2) is 11.3 Å². The fourth-order valence-corrected chi connectivity index (χ4v) is 11.6. The molecule has 6 aliphatic rings. The largest absolute Gasteiger partial charge is 0.374 e. The third-order valence-corrected chi connectivity index (χ3v) is 14.9. The summed E-state index contributed by atoms with van der Waals surface area (Å²) < 4.78 is 40.7. The number of aryl methyl sites for hydroxylation is 1. The predicted molar refractivity (Wildman–Crippen MR) is 236 cm³/mol. The van der Waals surface area contributed by atoms with Gasteiger partial charge in [0.1, 0.15) is 17.4 Å². The molecule has 5 saturated heterocycles. The Morgan fingerprint density at radius 3 is 2.52 bits per heavy atom. The maximum absolute atomic E-state index is 14.3. The number of hydrogen-bond donors (Lipinski definition) is 2. The predicted octanol–water partition coefficient (Wildman–Crippen LogP) is 3.60. The number of imide groups is 1. The zero-order valence-electron chi connectivity index (χ0n) is 36.7. The van der Waals surface area contributed by atoms with Crippen molar-refractivity contribution in [2.45, 2.75) is 82.5 Å². The van der Waals surface area contributed by atoms with Gasteiger partial charge in [-0.25, -0.2) is 23.1 Å². The van der Waals surface area contributed by atoms with Crippen molar-refractivity contribution in [3.05, 3.63) is 64.6 Å². The molecule has 2 N–H and O–H groups in total. The summed E-state index contributed by atoms with van der Waals surface area (Å²) in [5.41, 5.74) is 2.43. The molecule has 1 saturated carbocycles. The molecule has 1 aromatic carbocycles. The highest BCUT2D eigenvalue weighted by molar-refractivity contribution is 6.08. The number of carbonyl (C=O) groups is 3. The van der Waals surface area contributed by atoms with E-state index in [9.17, 15) is 28.0 Å². The molecule has 5 aromatic rings. The Labute approximate surface area is 373 Å². The fourth-order valence-electron chi connectivity index (χ4n) is 11.6. The van der Waals surface area contributed by atoms with Crippen LogP contribution in [0.1, 0.15) is 86.4 Å². The van der Waals surface area contributed by atoms with Gasteiger partial charge in [-0.2, -0.15) is 10.2 Å². The second-order valence-corrected chi connectivity index (χ2v) is 19.5. The summed E-state index contributed by atoms with van der Waals surface area (Å²) in [4.78, 5) is 66.0. The molecular weight excluding hydrogens is 841 g/mol. The summed E-state index contributed by atoms with van der Waals surface area (Å²) in [6.07, 6.45) is 7.11. The van der Waals surface area contributed by atoms with Crippen LogP contribution in [0.4, 0.5) is 26.0 Å². The van der Waals surface area contributed by atoms with Crippen molar-refractivity contribution in [1.29, 1.82) is 0 Å². The van der Waals surface area contributed by atoms with E-state index in [1.165, 1.54) is 10.7 Å². The third-order valence-electron chi connectivity index (χ3n) is 14.9. The van der Waals surface area contributed by atoms with E-state index in [2.05, 4.69) is 47.4 Å². The van der Waals surface area contributed by atoms with E-state index < -0.39 is 30.0 Å². The molecule has 6 fully saturated rings. The highest BCUT2D eigenvalue weighted by Crippen LogP contribution is 2.40. The number of piperazine rings is 1. The van der Waals surface area contributed by atoms with Crippen LogP contribution in [-0.2, 0) is 21.4 Å². The van der Waals surface area contributed by atoms with Crippen LogP contribution in [0.15, 0.2) is 47.7 Å². The Kier molecular flexibility index (Phi) is 10.5. The Bertz CT molecular complexity index is 2720. The van der Waals surface area contributed by atoms with E-state index in [1.807, 2.05) is 24.3 Å². The third kappa shape index (κ3) is 7.65. The summed E-state index contributed by atoms with van der Waals surface area (Å²) in [6.45, 7) is 11.4. The van der Waals surface area contributed by atoms with Gasteiger partial charge in [0.05, 0.1) is 53.4 Å². The number of hydrogen-bond acceptors (Lipinski definition) is 12. The second kappa shape index (κ2) is 16.3. The maximum atomic E-state index is 14.3. The molecule has 344 valence electrons. The van der Waals surface area contributed by atoms with E-state index in [0.717, 1.165) is 108 Å². The molecular formula is C45H55F2N13O5. The van der Waals surface area contributed by atoms with Gasteiger partial charge < -0.3 is 29.7 Å². The van der Waals surface area contributed by atoms with E-state index >= 15 is 0 Å². The number of ether oxygens (including phenoxy) is 1. The molecule has 18 nitrogen and oxygen atoms in total. The number of alkyl halides is 2. The SMILES string of the molecule is Cn1c(=O)n(C2CCC(=O)NC2=O)c2cccc(N3CC(C)(CN4CCN(C[C@H]5CC[C@H](n6cc(NC(=O)c7cnn8ccc(N9C[C@H]%10CC9CO%10)nc78)c(C(F)F)n6)CC5)CC4)C3)c21. The zero-order chi connectivity index (χ0) is 44.7. The number of fused-ring (bicyclic) bond motifs is 4. The quantitative estimate of drug-likeness (QED) is 0.185. The topological polar surface area (TPSA) is 172 Å². The average Bonchev–Trinajstić information content (AvgIpc) is 4.14. The first-order chi connectivity index (χ1) is 31.4. The summed E-state index contributed by atoms with van der Waals surface area (Å²) in [6, 6.07) is 7.23. The van der Waals surface area contributed by atoms with Crippen LogP contribution in [0, 0.1) is 11.3 Å². The number of rotatable bonds is 11. The van der Waals surface area contributed by atoms with Crippen molar-refractivity contribution in [3.8, 4) is 0 Å². The minimum Gasteiger partial charge on any atom is -0.374 e. The Morgan fingerprint density at radius 2 is 1.80 bits per heavy atom. The van der Waals surface area contributed by atoms with Crippen molar-refractivity contribution in [1.82, 2.24) is 48.6 Å². The number of carbonyl (C=O) groups excluding carboxylic acids is 3. The van der Waals surface area contributed by atoms with Gasteiger partial charge in [0.2, 0.25) is 11.8 Å². The minimum absolute atomic E-state index is 0.00371. The molecule has 2 bridgehead atoms. The van der Waals surface area contributed by atoms with Crippen LogP contribution in [-0.4, -0.2) is 139 Å². The Morgan fingerprint density at radius 1 is 1.02 bits per heavy atom. The lowest BCUT2D eigenvalue weighted by molar-refractivity contribution is -0.135. The first-order valence-corrected chi connectivity index (χ1v) is 23.0. The van der Waals surface area contributed by atoms with Crippen LogP contribution >= 0.6 is 0 Å². The van der Waals surface area contributed by atoms with E-state index in [-0.39, 0.29) is 52.9 Å². The van der Waals surface area contributed by atoms with Crippen LogP contribution in [0.2, 0.25) is 0 Å². The second-order valence-electron chi connectivity index (χ2n) is 19.5. The smallest absolute Gasteiger partial charge is 0.329 e. The molecule has 4 aromatic heterocycles. The minimum atomic E-state index is -2.85. The molecule has 0 spiro atoms. The summed E-state index contributed by atoms with van der Waals surface area (Å²) in [7, 11) is 1.75. The van der Waals surface area contributed by atoms with Crippen molar-refractivity contribution in [2.24, 2.45) is 18.4 Å². The van der Waals surface area contributed by atoms with Gasteiger partial charge in [0, 0.05) is 90.2 Å². The molecule has 11 rings (SSSR count). The number of nitrogens with one attached hydrogen (secondary N) is 2. The van der Waals surface area contributed by atoms with Crippen molar-refractivity contribution >= 4 is 51.6 Å². The van der Waals surface area contributed by atoms with Gasteiger partial charge in [-0.1, -0.05) is 13.0 Å². The van der Waals surface area contributed by atoms with Gasteiger partial charge in [0.25, 0.3) is 12.3 Å². The maximum Gasteiger partial charge on any atom is 0.329 e. The molecule has 9 heterocycles. The number of piperidine rings is 1. The average molecular weight is 896 g/mol. The number of para-hydroxylation sites is 1. The molecule has 1 aliphatic carbocycles. The van der Waals surface area contributed by atoms with Crippen LogP contribution in [0.3, 0.4) is 0 Å². The number of imidazole rings is 1. The van der Waals surface area contributed by atoms with Gasteiger partial charge >= 0.3 is 5.69 Å². The summed E-state index contributed by atoms with van der Waals surface area (Å²) in [5.74, 6) is -0.0546. The number of anilines is 3. The number of halogens is 2. The van der Waals surface area contributed by atoms with Crippen LogP contribution in [0.25, 0.3) is 16.7 Å². The van der Waals surface area contributed by atoms with Crippen LogP contribution in [0.5, 0.6) is 0 Å². The molecule has 0 radical (unpaired) electrons. The molecule has 3 atom stereocenters. The Hall–Kier alpha value is -5.73. The number of amides is 3. The van der Waals surface area contributed by atoms with E-state index in [4.69, 9.17) is 9.72 Å². The number of morpholine rings is 1. The molecule has 20 heteroatoms. The molecule has 2 unspecified atom stereocenters. The lowest BCUT2D eigenvalue weighted by Crippen LogP contribution is -2.61. The first-order valence-electron chi connectivity index (χ1n) is 23.0. The highest BCUT2D eigenvalue weighted by atomic mass is 19.3. The number of benzene rings is 1.